The second kappa shape index (κ2) is 6.20. The first-order valence-corrected chi connectivity index (χ1v) is 8.67. The summed E-state index contributed by atoms with van der Waals surface area (Å²) in [5.41, 5.74) is 0. The third-order valence-electron chi connectivity index (χ3n) is 5.75. The Balaban J connectivity index is 1.38. The Hall–Kier alpha value is -1.47. The smallest absolute Gasteiger partial charge is 0.251 e. The van der Waals surface area contributed by atoms with Gasteiger partial charge in [0.2, 0.25) is 0 Å². The topological polar surface area (TPSA) is 63.5 Å². The van der Waals surface area contributed by atoms with Crippen molar-refractivity contribution in [3.05, 3.63) is 12.7 Å². The molecule has 0 aliphatic carbocycles. The van der Waals surface area contributed by atoms with Crippen LogP contribution in [0.5, 0.6) is 0 Å². The van der Waals surface area contributed by atoms with E-state index in [0.29, 0.717) is 18.0 Å². The van der Waals surface area contributed by atoms with Crippen molar-refractivity contribution in [2.75, 3.05) is 26.7 Å². The van der Waals surface area contributed by atoms with Crippen LogP contribution in [-0.4, -0.2) is 75.4 Å². The van der Waals surface area contributed by atoms with Crippen molar-refractivity contribution in [3.8, 4) is 0 Å². The van der Waals surface area contributed by atoms with E-state index in [0.717, 1.165) is 51.9 Å². The van der Waals surface area contributed by atoms with Gasteiger partial charge in [-0.1, -0.05) is 0 Å². The van der Waals surface area contributed by atoms with E-state index >= 15 is 0 Å². The number of amides is 1. The molecule has 4 heterocycles. The predicted molar refractivity (Wildman–Crippen MR) is 83.6 cm³/mol. The van der Waals surface area contributed by atoms with Crippen molar-refractivity contribution in [2.24, 2.45) is 5.92 Å². The summed E-state index contributed by atoms with van der Waals surface area (Å²) in [5, 5.41) is 4.22. The highest BCUT2D eigenvalue weighted by molar-refractivity contribution is 5.81. The van der Waals surface area contributed by atoms with Crippen LogP contribution in [0, 0.1) is 5.92 Å². The Morgan fingerprint density at radius 1 is 1.39 bits per heavy atom. The number of rotatable bonds is 3. The fraction of sp³-hybridized carbons (Fsp3) is 0.812. The third kappa shape index (κ3) is 2.87. The van der Waals surface area contributed by atoms with Gasteiger partial charge in [0.1, 0.15) is 18.8 Å². The van der Waals surface area contributed by atoms with Gasteiger partial charge in [0, 0.05) is 31.8 Å². The molecule has 1 aromatic rings. The fourth-order valence-electron chi connectivity index (χ4n) is 4.50. The number of likely N-dealkylation sites (N-methyl/N-ethyl adjacent to an activating group) is 1. The van der Waals surface area contributed by atoms with Gasteiger partial charge in [-0.3, -0.25) is 14.4 Å². The normalized spacial score (nSPS) is 34.7. The molecule has 0 saturated carbocycles. The summed E-state index contributed by atoms with van der Waals surface area (Å²) in [5.74, 6) is 0.774. The quantitative estimate of drug-likeness (QED) is 0.806. The summed E-state index contributed by atoms with van der Waals surface area (Å²) < 4.78 is 7.48. The van der Waals surface area contributed by atoms with Crippen LogP contribution in [0.15, 0.2) is 12.7 Å². The number of fused-ring (bicyclic) bond motifs is 1. The van der Waals surface area contributed by atoms with Gasteiger partial charge in [-0.2, -0.15) is 5.10 Å². The van der Waals surface area contributed by atoms with Crippen LogP contribution < -0.4 is 0 Å². The van der Waals surface area contributed by atoms with Gasteiger partial charge in [0.15, 0.2) is 0 Å². The SMILES string of the molecule is CN1[C@@H](Cn2cncn2)C[C@H]2CN(C(=O)C3CCCO3)CC[C@H]21. The second-order valence-corrected chi connectivity index (χ2v) is 7.07. The second-order valence-electron chi connectivity index (χ2n) is 7.07. The molecule has 4 rings (SSSR count). The average molecular weight is 319 g/mol. The Morgan fingerprint density at radius 3 is 3.04 bits per heavy atom. The zero-order valence-corrected chi connectivity index (χ0v) is 13.7. The summed E-state index contributed by atoms with van der Waals surface area (Å²) >= 11 is 0. The first-order chi connectivity index (χ1) is 11.2. The molecule has 0 radical (unpaired) electrons. The van der Waals surface area contributed by atoms with Crippen LogP contribution in [0.25, 0.3) is 0 Å². The molecule has 3 saturated heterocycles. The molecule has 0 spiro atoms. The van der Waals surface area contributed by atoms with Crippen LogP contribution in [0.4, 0.5) is 0 Å². The summed E-state index contributed by atoms with van der Waals surface area (Å²) in [7, 11) is 2.21. The molecular formula is C16H25N5O2. The number of hydrogen-bond donors (Lipinski definition) is 0. The van der Waals surface area contributed by atoms with E-state index in [1.807, 2.05) is 9.58 Å². The van der Waals surface area contributed by atoms with Crippen molar-refractivity contribution >= 4 is 5.91 Å². The maximum Gasteiger partial charge on any atom is 0.251 e. The van der Waals surface area contributed by atoms with E-state index in [9.17, 15) is 4.79 Å². The number of carbonyl (C=O) groups is 1. The van der Waals surface area contributed by atoms with Crippen LogP contribution in [0.2, 0.25) is 0 Å². The van der Waals surface area contributed by atoms with Gasteiger partial charge >= 0.3 is 0 Å². The van der Waals surface area contributed by atoms with Gasteiger partial charge in [0.05, 0.1) is 6.54 Å². The van der Waals surface area contributed by atoms with E-state index in [4.69, 9.17) is 4.74 Å². The molecule has 0 aromatic carbocycles. The van der Waals surface area contributed by atoms with Crippen molar-refractivity contribution in [1.29, 1.82) is 0 Å². The number of ether oxygens (including phenoxy) is 1. The molecule has 7 heteroatoms. The first kappa shape index (κ1) is 15.1. The molecule has 3 fully saturated rings. The molecule has 4 atom stereocenters. The Kier molecular flexibility index (Phi) is 4.07. The molecule has 23 heavy (non-hydrogen) atoms. The predicted octanol–water partition coefficient (Wildman–Crippen LogP) is 0.378. The highest BCUT2D eigenvalue weighted by Crippen LogP contribution is 2.35. The lowest BCUT2D eigenvalue weighted by Gasteiger charge is -2.38. The molecule has 126 valence electrons. The van der Waals surface area contributed by atoms with E-state index in [1.165, 1.54) is 0 Å². The highest BCUT2D eigenvalue weighted by atomic mass is 16.5. The summed E-state index contributed by atoms with van der Waals surface area (Å²) in [4.78, 5) is 21.1. The number of aromatic nitrogens is 3. The lowest BCUT2D eigenvalue weighted by molar-refractivity contribution is -0.143. The standard InChI is InChI=1S/C16H25N5O2/c1-19-13(9-21-11-17-10-18-21)7-12-8-20(5-4-14(12)19)16(22)15-3-2-6-23-15/h10-15H,2-9H2,1H3/t12-,13+,14+,15?/m0/s1. The van der Waals surface area contributed by atoms with Crippen LogP contribution >= 0.6 is 0 Å². The van der Waals surface area contributed by atoms with Crippen LogP contribution in [0.1, 0.15) is 25.7 Å². The number of carbonyl (C=O) groups excluding carboxylic acids is 1. The maximum atomic E-state index is 12.6. The van der Waals surface area contributed by atoms with Gasteiger partial charge in [-0.25, -0.2) is 4.98 Å². The number of piperidine rings is 1. The third-order valence-corrected chi connectivity index (χ3v) is 5.75. The van der Waals surface area contributed by atoms with Crippen molar-refractivity contribution in [1.82, 2.24) is 24.6 Å². The van der Waals surface area contributed by atoms with Crippen molar-refractivity contribution < 1.29 is 9.53 Å². The zero-order valence-electron chi connectivity index (χ0n) is 13.7. The molecule has 3 aliphatic rings. The van der Waals surface area contributed by atoms with Gasteiger partial charge in [-0.15, -0.1) is 0 Å². The zero-order chi connectivity index (χ0) is 15.8. The summed E-state index contributed by atoms with van der Waals surface area (Å²) in [6, 6.07) is 1.06. The summed E-state index contributed by atoms with van der Waals surface area (Å²) in [6.45, 7) is 3.35. The Bertz CT molecular complexity index is 543. The van der Waals surface area contributed by atoms with Crippen molar-refractivity contribution in [2.45, 2.75) is 50.4 Å². The molecular weight excluding hydrogens is 294 g/mol. The number of hydrogen-bond acceptors (Lipinski definition) is 5. The minimum absolute atomic E-state index is 0.184. The molecule has 0 bridgehead atoms. The van der Waals surface area contributed by atoms with Crippen molar-refractivity contribution in [3.63, 3.8) is 0 Å². The van der Waals surface area contributed by atoms with Crippen LogP contribution in [-0.2, 0) is 16.1 Å². The Morgan fingerprint density at radius 2 is 2.30 bits per heavy atom. The minimum atomic E-state index is -0.184. The monoisotopic (exact) mass is 319 g/mol. The molecule has 0 N–H and O–H groups in total. The fourth-order valence-corrected chi connectivity index (χ4v) is 4.50. The minimum Gasteiger partial charge on any atom is -0.368 e. The molecule has 1 aromatic heterocycles. The van der Waals surface area contributed by atoms with E-state index in [1.54, 1.807) is 12.7 Å². The van der Waals surface area contributed by atoms with E-state index in [-0.39, 0.29) is 12.0 Å². The lowest BCUT2D eigenvalue weighted by Crippen LogP contribution is -2.50. The highest BCUT2D eigenvalue weighted by Gasteiger charge is 2.44. The van der Waals surface area contributed by atoms with Gasteiger partial charge in [-0.05, 0) is 38.6 Å². The lowest BCUT2D eigenvalue weighted by atomic mass is 9.91. The first-order valence-electron chi connectivity index (χ1n) is 8.67. The maximum absolute atomic E-state index is 12.6. The average Bonchev–Trinajstić information content (AvgIpc) is 3.30. The molecule has 3 aliphatic heterocycles. The van der Waals surface area contributed by atoms with E-state index < -0.39 is 0 Å². The van der Waals surface area contributed by atoms with Crippen LogP contribution in [0.3, 0.4) is 0 Å². The molecule has 7 nitrogen and oxygen atoms in total. The molecule has 1 amide bonds. The number of nitrogens with zero attached hydrogens (tertiary/aromatic N) is 5. The summed E-state index contributed by atoms with van der Waals surface area (Å²) in [6.07, 6.45) is 7.27. The number of likely N-dealkylation sites (tertiary alicyclic amines) is 2. The van der Waals surface area contributed by atoms with E-state index in [2.05, 4.69) is 22.0 Å². The Labute approximate surface area is 136 Å². The van der Waals surface area contributed by atoms with Gasteiger partial charge in [0.25, 0.3) is 5.91 Å². The largest absolute Gasteiger partial charge is 0.368 e. The van der Waals surface area contributed by atoms with Gasteiger partial charge < -0.3 is 9.64 Å². The molecule has 1 unspecified atom stereocenters.